The molecule has 1 aromatic heterocycles. The molecule has 88 valence electrons. The molecule has 3 aromatic rings. The van der Waals surface area contributed by atoms with Crippen LogP contribution in [0.4, 0.5) is 0 Å². The summed E-state index contributed by atoms with van der Waals surface area (Å²) in [5, 5.41) is 19.1. The van der Waals surface area contributed by atoms with Gasteiger partial charge in [0.1, 0.15) is 11.5 Å². The average molecular weight is 238 g/mol. The highest BCUT2D eigenvalue weighted by atomic mass is 16.5. The Balaban J connectivity index is 2.05. The maximum absolute atomic E-state index is 9.39. The summed E-state index contributed by atoms with van der Waals surface area (Å²) >= 11 is 0. The lowest BCUT2D eigenvalue weighted by atomic mass is 10.2. The summed E-state index contributed by atoms with van der Waals surface area (Å²) in [6, 6.07) is 14.3. The van der Waals surface area contributed by atoms with Gasteiger partial charge in [-0.1, -0.05) is 24.3 Å². The Hall–Kier alpha value is -2.62. The summed E-state index contributed by atoms with van der Waals surface area (Å²) in [6.45, 7) is 0. The number of rotatable bonds is 2. The molecule has 0 aliphatic heterocycles. The number of phenols is 1. The largest absolute Gasteiger partial charge is 0.508 e. The number of ether oxygens (including phenoxy) is 1. The van der Waals surface area contributed by atoms with Gasteiger partial charge in [0.2, 0.25) is 5.88 Å². The lowest BCUT2D eigenvalue weighted by molar-refractivity contribution is 0.445. The van der Waals surface area contributed by atoms with Crippen LogP contribution in [0, 0.1) is 0 Å². The summed E-state index contributed by atoms with van der Waals surface area (Å²) in [7, 11) is 0. The quantitative estimate of drug-likeness (QED) is 0.745. The Morgan fingerprint density at radius 1 is 1.00 bits per heavy atom. The zero-order valence-corrected chi connectivity index (χ0v) is 9.45. The van der Waals surface area contributed by atoms with Gasteiger partial charge in [0.15, 0.2) is 0 Å². The molecule has 18 heavy (non-hydrogen) atoms. The zero-order valence-electron chi connectivity index (χ0n) is 9.45. The van der Waals surface area contributed by atoms with Crippen molar-refractivity contribution in [3.8, 4) is 17.4 Å². The van der Waals surface area contributed by atoms with E-state index in [0.29, 0.717) is 11.6 Å². The van der Waals surface area contributed by atoms with Crippen molar-refractivity contribution in [2.24, 2.45) is 0 Å². The van der Waals surface area contributed by atoms with Gasteiger partial charge < -0.3 is 9.84 Å². The summed E-state index contributed by atoms with van der Waals surface area (Å²) in [5.74, 6) is 1.11. The standard InChI is InChI=1S/C14H10N2O2/c17-11-5-3-6-12(8-11)18-14-13-7-2-1-4-10(13)9-15-16-14/h1-9,17H. The third-order valence-electron chi connectivity index (χ3n) is 2.57. The van der Waals surface area contributed by atoms with E-state index in [4.69, 9.17) is 4.74 Å². The molecule has 4 nitrogen and oxygen atoms in total. The normalized spacial score (nSPS) is 10.4. The van der Waals surface area contributed by atoms with Gasteiger partial charge in [0.25, 0.3) is 0 Å². The van der Waals surface area contributed by atoms with Crippen LogP contribution in [0.25, 0.3) is 10.8 Å². The van der Waals surface area contributed by atoms with Gasteiger partial charge in [0.05, 0.1) is 6.20 Å². The number of phenolic OH excluding ortho intramolecular Hbond substituents is 1. The van der Waals surface area contributed by atoms with Gasteiger partial charge in [-0.2, -0.15) is 5.10 Å². The zero-order chi connectivity index (χ0) is 12.4. The van der Waals surface area contributed by atoms with Crippen molar-refractivity contribution in [3.63, 3.8) is 0 Å². The fourth-order valence-electron chi connectivity index (χ4n) is 1.74. The van der Waals surface area contributed by atoms with Crippen LogP contribution in [0.3, 0.4) is 0 Å². The van der Waals surface area contributed by atoms with Crippen LogP contribution in [-0.4, -0.2) is 15.3 Å². The third-order valence-corrected chi connectivity index (χ3v) is 2.57. The molecular formula is C14H10N2O2. The molecule has 0 saturated carbocycles. The Kier molecular flexibility index (Phi) is 2.53. The van der Waals surface area contributed by atoms with Crippen molar-refractivity contribution in [2.75, 3.05) is 0 Å². The minimum absolute atomic E-state index is 0.153. The smallest absolute Gasteiger partial charge is 0.246 e. The van der Waals surface area contributed by atoms with Crippen molar-refractivity contribution in [1.29, 1.82) is 0 Å². The van der Waals surface area contributed by atoms with Crippen LogP contribution >= 0.6 is 0 Å². The Bertz CT molecular complexity index is 693. The first kappa shape index (κ1) is 10.5. The van der Waals surface area contributed by atoms with Gasteiger partial charge in [-0.25, -0.2) is 0 Å². The minimum atomic E-state index is 0.153. The second-order valence-corrected chi connectivity index (χ2v) is 3.84. The molecule has 1 heterocycles. The number of hydrogen-bond donors (Lipinski definition) is 1. The molecule has 4 heteroatoms. The third kappa shape index (κ3) is 1.96. The number of aromatic nitrogens is 2. The highest BCUT2D eigenvalue weighted by Gasteiger charge is 2.05. The molecule has 0 bridgehead atoms. The second-order valence-electron chi connectivity index (χ2n) is 3.84. The fraction of sp³-hybridized carbons (Fsp3) is 0. The van der Waals surface area contributed by atoms with Crippen molar-refractivity contribution >= 4 is 10.8 Å². The Labute approximate surface area is 103 Å². The van der Waals surface area contributed by atoms with Crippen LogP contribution in [0.15, 0.2) is 54.7 Å². The second kappa shape index (κ2) is 4.33. The summed E-state index contributed by atoms with van der Waals surface area (Å²) < 4.78 is 5.64. The maximum atomic E-state index is 9.39. The van der Waals surface area contributed by atoms with E-state index in [0.717, 1.165) is 10.8 Å². The van der Waals surface area contributed by atoms with Gasteiger partial charge in [-0.3, -0.25) is 0 Å². The van der Waals surface area contributed by atoms with Crippen LogP contribution < -0.4 is 4.74 Å². The molecule has 0 amide bonds. The predicted molar refractivity (Wildman–Crippen MR) is 67.7 cm³/mol. The van der Waals surface area contributed by atoms with E-state index in [-0.39, 0.29) is 5.75 Å². The van der Waals surface area contributed by atoms with Gasteiger partial charge in [-0.15, -0.1) is 5.10 Å². The number of aromatic hydroxyl groups is 1. The highest BCUT2D eigenvalue weighted by molar-refractivity contribution is 5.85. The molecule has 1 N–H and O–H groups in total. The topological polar surface area (TPSA) is 55.2 Å². The first-order valence-corrected chi connectivity index (χ1v) is 5.50. The molecule has 3 rings (SSSR count). The van der Waals surface area contributed by atoms with Crippen molar-refractivity contribution < 1.29 is 9.84 Å². The fourth-order valence-corrected chi connectivity index (χ4v) is 1.74. The van der Waals surface area contributed by atoms with E-state index in [1.54, 1.807) is 24.4 Å². The van der Waals surface area contributed by atoms with E-state index in [1.807, 2.05) is 24.3 Å². The van der Waals surface area contributed by atoms with Gasteiger partial charge in [0, 0.05) is 16.8 Å². The Morgan fingerprint density at radius 3 is 2.78 bits per heavy atom. The van der Waals surface area contributed by atoms with Gasteiger partial charge >= 0.3 is 0 Å². The summed E-state index contributed by atoms with van der Waals surface area (Å²) in [5.41, 5.74) is 0. The molecule has 0 saturated heterocycles. The lowest BCUT2D eigenvalue weighted by Crippen LogP contribution is -1.91. The van der Waals surface area contributed by atoms with Gasteiger partial charge in [-0.05, 0) is 18.2 Å². The molecular weight excluding hydrogens is 228 g/mol. The molecule has 0 aliphatic carbocycles. The number of benzene rings is 2. The number of hydrogen-bond acceptors (Lipinski definition) is 4. The summed E-state index contributed by atoms with van der Waals surface area (Å²) in [4.78, 5) is 0. The van der Waals surface area contributed by atoms with Crippen LogP contribution in [0.2, 0.25) is 0 Å². The molecule has 0 radical (unpaired) electrons. The highest BCUT2D eigenvalue weighted by Crippen LogP contribution is 2.28. The summed E-state index contributed by atoms with van der Waals surface area (Å²) in [6.07, 6.45) is 1.69. The molecule has 0 fully saturated rings. The van der Waals surface area contributed by atoms with Crippen molar-refractivity contribution in [3.05, 3.63) is 54.7 Å². The number of nitrogens with zero attached hydrogens (tertiary/aromatic N) is 2. The van der Waals surface area contributed by atoms with E-state index < -0.39 is 0 Å². The van der Waals surface area contributed by atoms with Crippen LogP contribution in [0.5, 0.6) is 17.4 Å². The maximum Gasteiger partial charge on any atom is 0.246 e. The van der Waals surface area contributed by atoms with E-state index >= 15 is 0 Å². The molecule has 0 atom stereocenters. The molecule has 0 spiro atoms. The minimum Gasteiger partial charge on any atom is -0.508 e. The first-order chi connectivity index (χ1) is 8.83. The van der Waals surface area contributed by atoms with Crippen molar-refractivity contribution in [2.45, 2.75) is 0 Å². The molecule has 0 unspecified atom stereocenters. The molecule has 0 aliphatic rings. The van der Waals surface area contributed by atoms with E-state index in [1.165, 1.54) is 6.07 Å². The van der Waals surface area contributed by atoms with Crippen molar-refractivity contribution in [1.82, 2.24) is 10.2 Å². The lowest BCUT2D eigenvalue weighted by Gasteiger charge is -2.06. The predicted octanol–water partition coefficient (Wildman–Crippen LogP) is 3.13. The van der Waals surface area contributed by atoms with Crippen LogP contribution in [-0.2, 0) is 0 Å². The molecule has 2 aromatic carbocycles. The Morgan fingerprint density at radius 2 is 1.89 bits per heavy atom. The van der Waals surface area contributed by atoms with E-state index in [9.17, 15) is 5.11 Å². The van der Waals surface area contributed by atoms with E-state index in [2.05, 4.69) is 10.2 Å². The number of fused-ring (bicyclic) bond motifs is 1. The van der Waals surface area contributed by atoms with Crippen LogP contribution in [0.1, 0.15) is 0 Å². The average Bonchev–Trinajstić information content (AvgIpc) is 2.39. The first-order valence-electron chi connectivity index (χ1n) is 5.50. The SMILES string of the molecule is Oc1cccc(Oc2nncc3ccccc23)c1. The monoisotopic (exact) mass is 238 g/mol.